The number of thiazole rings is 1. The molecule has 0 atom stereocenters. The van der Waals surface area contributed by atoms with Crippen molar-refractivity contribution in [1.82, 2.24) is 15.6 Å². The number of aromatic nitrogens is 1. The lowest BCUT2D eigenvalue weighted by Gasteiger charge is -2.11. The Bertz CT molecular complexity index is 543. The van der Waals surface area contributed by atoms with Crippen molar-refractivity contribution in [3.63, 3.8) is 0 Å². The van der Waals surface area contributed by atoms with E-state index in [0.29, 0.717) is 19.6 Å². The molecule has 142 valence electrons. The molecule has 0 radical (unpaired) electrons. The Morgan fingerprint density at radius 3 is 2.56 bits per heavy atom. The Kier molecular flexibility index (Phi) is 10.9. The van der Waals surface area contributed by atoms with Crippen LogP contribution >= 0.6 is 11.3 Å². The Morgan fingerprint density at radius 1 is 1.16 bits per heavy atom. The second-order valence-corrected chi connectivity index (χ2v) is 7.12. The number of ether oxygens (including phenoxy) is 1. The van der Waals surface area contributed by atoms with Crippen molar-refractivity contribution in [3.8, 4) is 0 Å². The monoisotopic (exact) mass is 368 g/mol. The van der Waals surface area contributed by atoms with Crippen LogP contribution in [0.4, 0.5) is 0 Å². The number of rotatable bonds is 11. The van der Waals surface area contributed by atoms with E-state index in [9.17, 15) is 4.79 Å². The number of hydrogen-bond donors (Lipinski definition) is 2. The van der Waals surface area contributed by atoms with E-state index < -0.39 is 0 Å². The van der Waals surface area contributed by atoms with Crippen LogP contribution < -0.4 is 10.6 Å². The molecule has 0 bridgehead atoms. The van der Waals surface area contributed by atoms with Crippen LogP contribution in [0.3, 0.4) is 0 Å². The first-order valence-corrected chi connectivity index (χ1v) is 9.99. The normalized spacial score (nSPS) is 11.4. The maximum atomic E-state index is 11.2. The summed E-state index contributed by atoms with van der Waals surface area (Å²) in [6.45, 7) is 10.8. The zero-order valence-corrected chi connectivity index (χ0v) is 16.8. The molecule has 0 aliphatic carbocycles. The van der Waals surface area contributed by atoms with Crippen LogP contribution in [0.15, 0.2) is 4.99 Å². The van der Waals surface area contributed by atoms with Crippen LogP contribution in [0.5, 0.6) is 0 Å². The fourth-order valence-electron chi connectivity index (χ4n) is 2.40. The molecule has 2 N–H and O–H groups in total. The minimum Gasteiger partial charge on any atom is -0.466 e. The molecule has 7 heteroatoms. The Hall–Kier alpha value is -1.63. The van der Waals surface area contributed by atoms with E-state index in [2.05, 4.69) is 27.5 Å². The first-order valence-electron chi connectivity index (χ1n) is 9.17. The van der Waals surface area contributed by atoms with Gasteiger partial charge in [-0.05, 0) is 40.5 Å². The van der Waals surface area contributed by atoms with E-state index in [4.69, 9.17) is 4.74 Å². The highest BCUT2D eigenvalue weighted by molar-refractivity contribution is 7.11. The third-order valence-corrected chi connectivity index (χ3v) is 4.69. The number of aliphatic imine (C=N–C) groups is 1. The summed E-state index contributed by atoms with van der Waals surface area (Å²) in [5.74, 6) is 0.760. The molecule has 1 aromatic heterocycles. The highest BCUT2D eigenvalue weighted by atomic mass is 32.1. The van der Waals surface area contributed by atoms with Gasteiger partial charge in [-0.2, -0.15) is 0 Å². The Labute approximate surface area is 155 Å². The standard InChI is InChI=1S/C18H32N4O2S/c1-5-19-18(21-13-16-14(3)22-15(4)25-16)20-12-10-8-7-9-11-17(23)24-6-2/h5-13H2,1-4H3,(H2,19,20,21). The highest BCUT2D eigenvalue weighted by Crippen LogP contribution is 2.17. The summed E-state index contributed by atoms with van der Waals surface area (Å²) < 4.78 is 4.92. The average Bonchev–Trinajstić information content (AvgIpc) is 2.89. The molecule has 1 rings (SSSR count). The third-order valence-electron chi connectivity index (χ3n) is 3.63. The third kappa shape index (κ3) is 9.43. The second kappa shape index (κ2) is 12.7. The van der Waals surface area contributed by atoms with Gasteiger partial charge in [-0.3, -0.25) is 4.79 Å². The van der Waals surface area contributed by atoms with Crippen LogP contribution in [0, 0.1) is 13.8 Å². The Balaban J connectivity index is 2.23. The van der Waals surface area contributed by atoms with E-state index in [1.54, 1.807) is 11.3 Å². The molecule has 1 aromatic rings. The zero-order valence-electron chi connectivity index (χ0n) is 16.0. The molecule has 0 amide bonds. The molecule has 0 saturated heterocycles. The van der Waals surface area contributed by atoms with Crippen molar-refractivity contribution >= 4 is 23.3 Å². The zero-order chi connectivity index (χ0) is 18.5. The number of aryl methyl sites for hydroxylation is 2. The van der Waals surface area contributed by atoms with Gasteiger partial charge in [0.1, 0.15) is 0 Å². The van der Waals surface area contributed by atoms with E-state index >= 15 is 0 Å². The van der Waals surface area contributed by atoms with Gasteiger partial charge in [0.2, 0.25) is 0 Å². The van der Waals surface area contributed by atoms with Gasteiger partial charge in [0, 0.05) is 24.4 Å². The summed E-state index contributed by atoms with van der Waals surface area (Å²) in [4.78, 5) is 21.5. The maximum Gasteiger partial charge on any atom is 0.305 e. The first kappa shape index (κ1) is 21.4. The number of carbonyl (C=O) groups is 1. The molecule has 6 nitrogen and oxygen atoms in total. The van der Waals surface area contributed by atoms with Crippen molar-refractivity contribution in [1.29, 1.82) is 0 Å². The number of guanidine groups is 1. The van der Waals surface area contributed by atoms with Crippen LogP contribution in [0.1, 0.15) is 61.5 Å². The van der Waals surface area contributed by atoms with Crippen molar-refractivity contribution in [2.45, 2.75) is 66.3 Å². The fourth-order valence-corrected chi connectivity index (χ4v) is 3.26. The fraction of sp³-hybridized carbons (Fsp3) is 0.722. The lowest BCUT2D eigenvalue weighted by atomic mass is 10.1. The molecule has 0 aromatic carbocycles. The van der Waals surface area contributed by atoms with Gasteiger partial charge < -0.3 is 15.4 Å². The summed E-state index contributed by atoms with van der Waals surface area (Å²) >= 11 is 1.71. The van der Waals surface area contributed by atoms with Gasteiger partial charge in [0.15, 0.2) is 5.96 Å². The van der Waals surface area contributed by atoms with Crippen LogP contribution in [0.25, 0.3) is 0 Å². The molecule has 25 heavy (non-hydrogen) atoms. The van der Waals surface area contributed by atoms with Crippen LogP contribution in [0.2, 0.25) is 0 Å². The number of esters is 1. The molecule has 0 fully saturated rings. The summed E-state index contributed by atoms with van der Waals surface area (Å²) in [6.07, 6.45) is 4.63. The lowest BCUT2D eigenvalue weighted by Crippen LogP contribution is -2.37. The molecule has 0 unspecified atom stereocenters. The second-order valence-electron chi connectivity index (χ2n) is 5.83. The number of hydrogen-bond acceptors (Lipinski definition) is 5. The number of nitrogens with zero attached hydrogens (tertiary/aromatic N) is 2. The van der Waals surface area contributed by atoms with Crippen molar-refractivity contribution in [2.75, 3.05) is 19.7 Å². The minimum atomic E-state index is -0.0872. The summed E-state index contributed by atoms with van der Waals surface area (Å²) in [7, 11) is 0. The van der Waals surface area contributed by atoms with E-state index in [1.807, 2.05) is 20.8 Å². The smallest absolute Gasteiger partial charge is 0.305 e. The van der Waals surface area contributed by atoms with Gasteiger partial charge in [-0.1, -0.05) is 12.8 Å². The van der Waals surface area contributed by atoms with Gasteiger partial charge in [-0.15, -0.1) is 11.3 Å². The summed E-state index contributed by atoms with van der Waals surface area (Å²) in [5, 5.41) is 7.73. The van der Waals surface area contributed by atoms with Gasteiger partial charge in [-0.25, -0.2) is 9.98 Å². The SMILES string of the molecule is CCNC(=NCc1sc(C)nc1C)NCCCCCCC(=O)OCC. The molecule has 0 aliphatic rings. The summed E-state index contributed by atoms with van der Waals surface area (Å²) in [6, 6.07) is 0. The van der Waals surface area contributed by atoms with E-state index in [1.165, 1.54) is 4.88 Å². The average molecular weight is 369 g/mol. The highest BCUT2D eigenvalue weighted by Gasteiger charge is 2.05. The molecular formula is C18H32N4O2S. The molecule has 0 spiro atoms. The quantitative estimate of drug-likeness (QED) is 0.271. The summed E-state index contributed by atoms with van der Waals surface area (Å²) in [5.41, 5.74) is 1.07. The Morgan fingerprint density at radius 2 is 1.92 bits per heavy atom. The topological polar surface area (TPSA) is 75.6 Å². The minimum absolute atomic E-state index is 0.0872. The predicted octanol–water partition coefficient (Wildman–Crippen LogP) is 3.33. The van der Waals surface area contributed by atoms with Crippen molar-refractivity contribution < 1.29 is 9.53 Å². The maximum absolute atomic E-state index is 11.2. The van der Waals surface area contributed by atoms with Gasteiger partial charge in [0.25, 0.3) is 0 Å². The van der Waals surface area contributed by atoms with Gasteiger partial charge in [0.05, 0.1) is 23.9 Å². The van der Waals surface area contributed by atoms with Crippen molar-refractivity contribution in [2.24, 2.45) is 4.99 Å². The van der Waals surface area contributed by atoms with E-state index in [-0.39, 0.29) is 5.97 Å². The molecular weight excluding hydrogens is 336 g/mol. The van der Waals surface area contributed by atoms with Crippen LogP contribution in [-0.2, 0) is 16.1 Å². The van der Waals surface area contributed by atoms with E-state index in [0.717, 1.165) is 55.4 Å². The first-order chi connectivity index (χ1) is 12.1. The largest absolute Gasteiger partial charge is 0.466 e. The molecule has 0 aliphatic heterocycles. The lowest BCUT2D eigenvalue weighted by molar-refractivity contribution is -0.143. The number of unbranched alkanes of at least 4 members (excludes halogenated alkanes) is 3. The predicted molar refractivity (Wildman–Crippen MR) is 104 cm³/mol. The number of nitrogens with one attached hydrogen (secondary N) is 2. The van der Waals surface area contributed by atoms with Crippen LogP contribution in [-0.4, -0.2) is 36.6 Å². The number of carbonyl (C=O) groups excluding carboxylic acids is 1. The van der Waals surface area contributed by atoms with Crippen molar-refractivity contribution in [3.05, 3.63) is 15.6 Å². The molecule has 1 heterocycles. The van der Waals surface area contributed by atoms with Gasteiger partial charge >= 0.3 is 5.97 Å². The molecule has 0 saturated carbocycles.